The molecule has 4 rings (SSSR count). The van der Waals surface area contributed by atoms with Gasteiger partial charge >= 0.3 is 0 Å². The van der Waals surface area contributed by atoms with Gasteiger partial charge in [-0.25, -0.2) is 4.52 Å². The molecule has 0 radical (unpaired) electrons. The van der Waals surface area contributed by atoms with Crippen molar-refractivity contribution in [3.63, 3.8) is 0 Å². The van der Waals surface area contributed by atoms with Crippen molar-refractivity contribution in [2.24, 2.45) is 0 Å². The molecule has 2 heterocycles. The quantitative estimate of drug-likeness (QED) is 0.520. The van der Waals surface area contributed by atoms with E-state index < -0.39 is 0 Å². The van der Waals surface area contributed by atoms with E-state index in [0.717, 1.165) is 11.1 Å². The van der Waals surface area contributed by atoms with Gasteiger partial charge in [-0.3, -0.25) is 9.59 Å². The Morgan fingerprint density at radius 3 is 2.32 bits per heavy atom. The van der Waals surface area contributed by atoms with Crippen molar-refractivity contribution in [2.75, 3.05) is 19.5 Å². The lowest BCUT2D eigenvalue weighted by Gasteiger charge is -2.11. The number of amides is 1. The summed E-state index contributed by atoms with van der Waals surface area (Å²) in [6.45, 7) is 1.87. The van der Waals surface area contributed by atoms with E-state index in [1.165, 1.54) is 23.3 Å². The molecule has 0 unspecified atom stereocenters. The Morgan fingerprint density at radius 2 is 1.68 bits per heavy atom. The van der Waals surface area contributed by atoms with E-state index in [9.17, 15) is 9.59 Å². The van der Waals surface area contributed by atoms with Gasteiger partial charge in [0.05, 0.1) is 19.9 Å². The third kappa shape index (κ3) is 4.28. The number of aryl methyl sites for hydroxylation is 1. The number of hydrogen-bond donors (Lipinski definition) is 1. The molecule has 2 aromatic heterocycles. The van der Waals surface area contributed by atoms with Crippen LogP contribution in [0.2, 0.25) is 0 Å². The summed E-state index contributed by atoms with van der Waals surface area (Å²) in [5.41, 5.74) is 3.38. The minimum atomic E-state index is -0.347. The second-order valence-corrected chi connectivity index (χ2v) is 7.11. The number of carbonyl (C=O) groups excluding carboxylic acids is 1. The molecule has 0 spiro atoms. The average molecular weight is 418 g/mol. The molecular weight excluding hydrogens is 396 g/mol. The summed E-state index contributed by atoms with van der Waals surface area (Å²) >= 11 is 0. The Labute approximate surface area is 178 Å². The van der Waals surface area contributed by atoms with E-state index in [1.54, 1.807) is 36.7 Å². The van der Waals surface area contributed by atoms with Crippen LogP contribution < -0.4 is 20.3 Å². The van der Waals surface area contributed by atoms with Gasteiger partial charge in [0, 0.05) is 41.8 Å². The van der Waals surface area contributed by atoms with Crippen LogP contribution in [0, 0.1) is 6.92 Å². The van der Waals surface area contributed by atoms with Gasteiger partial charge in [0.25, 0.3) is 5.56 Å². The number of methoxy groups -OCH3 is 2. The summed E-state index contributed by atoms with van der Waals surface area (Å²) in [5, 5.41) is 7.25. The molecule has 2 aromatic carbocycles. The van der Waals surface area contributed by atoms with E-state index >= 15 is 0 Å². The highest BCUT2D eigenvalue weighted by Crippen LogP contribution is 2.25. The summed E-state index contributed by atoms with van der Waals surface area (Å²) in [5.74, 6) is 0.757. The minimum absolute atomic E-state index is 0.139. The van der Waals surface area contributed by atoms with Crippen molar-refractivity contribution < 1.29 is 14.3 Å². The zero-order valence-electron chi connectivity index (χ0n) is 17.5. The fraction of sp³-hybridized carbons (Fsp3) is 0.174. The first kappa shape index (κ1) is 20.2. The third-order valence-corrected chi connectivity index (χ3v) is 4.90. The van der Waals surface area contributed by atoms with E-state index in [2.05, 4.69) is 10.4 Å². The fourth-order valence-electron chi connectivity index (χ4n) is 3.25. The first-order valence-electron chi connectivity index (χ1n) is 9.65. The number of anilines is 1. The molecule has 0 aliphatic heterocycles. The van der Waals surface area contributed by atoms with Crippen LogP contribution in [0.15, 0.2) is 65.7 Å². The molecule has 1 amide bonds. The Balaban J connectivity index is 1.57. The zero-order chi connectivity index (χ0) is 22.0. The molecule has 0 bridgehead atoms. The van der Waals surface area contributed by atoms with Crippen molar-refractivity contribution in [2.45, 2.75) is 13.5 Å². The topological polar surface area (TPSA) is 86.9 Å². The number of rotatable bonds is 6. The van der Waals surface area contributed by atoms with Crippen molar-refractivity contribution in [1.29, 1.82) is 0 Å². The molecule has 0 saturated heterocycles. The van der Waals surface area contributed by atoms with Gasteiger partial charge in [-0.15, -0.1) is 0 Å². The average Bonchev–Trinajstić information content (AvgIpc) is 3.21. The van der Waals surface area contributed by atoms with Crippen molar-refractivity contribution in [1.82, 2.24) is 14.2 Å². The maximum absolute atomic E-state index is 12.9. The van der Waals surface area contributed by atoms with Gasteiger partial charge in [-0.1, -0.05) is 29.8 Å². The molecule has 0 fully saturated rings. The fourth-order valence-corrected chi connectivity index (χ4v) is 3.25. The van der Waals surface area contributed by atoms with Crippen molar-refractivity contribution in [3.05, 3.63) is 76.8 Å². The Kier molecular flexibility index (Phi) is 5.44. The SMILES string of the molecule is COc1cc(NC(=O)Cn2ccn3nc(-c4ccc(C)cc4)cc3c2=O)cc(OC)c1. The molecular formula is C23H22N4O4. The largest absolute Gasteiger partial charge is 0.497 e. The normalized spacial score (nSPS) is 10.8. The van der Waals surface area contributed by atoms with Crippen LogP contribution >= 0.6 is 0 Å². The number of nitrogens with one attached hydrogen (secondary N) is 1. The van der Waals surface area contributed by atoms with Gasteiger partial charge in [0.15, 0.2) is 0 Å². The number of aromatic nitrogens is 3. The van der Waals surface area contributed by atoms with Gasteiger partial charge in [-0.05, 0) is 13.0 Å². The highest BCUT2D eigenvalue weighted by Gasteiger charge is 2.12. The van der Waals surface area contributed by atoms with Crippen LogP contribution in [0.3, 0.4) is 0 Å². The predicted molar refractivity (Wildman–Crippen MR) is 118 cm³/mol. The van der Waals surface area contributed by atoms with Crippen LogP contribution in [-0.4, -0.2) is 34.3 Å². The lowest BCUT2D eigenvalue weighted by atomic mass is 10.1. The van der Waals surface area contributed by atoms with E-state index in [1.807, 2.05) is 31.2 Å². The van der Waals surface area contributed by atoms with Crippen LogP contribution in [0.25, 0.3) is 16.8 Å². The van der Waals surface area contributed by atoms with Gasteiger partial charge in [-0.2, -0.15) is 5.10 Å². The molecule has 8 heteroatoms. The third-order valence-electron chi connectivity index (χ3n) is 4.90. The van der Waals surface area contributed by atoms with Crippen LogP contribution in [-0.2, 0) is 11.3 Å². The standard InChI is InChI=1S/C23H22N4O4/c1-15-4-6-16(7-5-15)20-13-21-23(29)26(8-9-27(21)25-20)14-22(28)24-17-10-18(30-2)12-19(11-17)31-3/h4-13H,14H2,1-3H3,(H,24,28). The Hall–Kier alpha value is -4.07. The molecule has 4 aromatic rings. The lowest BCUT2D eigenvalue weighted by molar-refractivity contribution is -0.116. The van der Waals surface area contributed by atoms with Gasteiger partial charge in [0.1, 0.15) is 23.6 Å². The second-order valence-electron chi connectivity index (χ2n) is 7.11. The van der Waals surface area contributed by atoms with E-state index in [0.29, 0.717) is 28.4 Å². The van der Waals surface area contributed by atoms with Gasteiger partial charge < -0.3 is 19.4 Å². The molecule has 8 nitrogen and oxygen atoms in total. The summed E-state index contributed by atoms with van der Waals surface area (Å²) in [6, 6.07) is 14.7. The van der Waals surface area contributed by atoms with Crippen LogP contribution in [0.5, 0.6) is 11.5 Å². The Morgan fingerprint density at radius 1 is 1.00 bits per heavy atom. The van der Waals surface area contributed by atoms with Crippen LogP contribution in [0.1, 0.15) is 5.56 Å². The van der Waals surface area contributed by atoms with Crippen molar-refractivity contribution >= 4 is 17.1 Å². The number of fused-ring (bicyclic) bond motifs is 1. The highest BCUT2D eigenvalue weighted by atomic mass is 16.5. The maximum Gasteiger partial charge on any atom is 0.277 e. The molecule has 1 N–H and O–H groups in total. The first-order valence-corrected chi connectivity index (χ1v) is 9.65. The lowest BCUT2D eigenvalue weighted by Crippen LogP contribution is -2.28. The molecule has 0 atom stereocenters. The number of ether oxygens (including phenoxy) is 2. The van der Waals surface area contributed by atoms with E-state index in [-0.39, 0.29) is 18.0 Å². The minimum Gasteiger partial charge on any atom is -0.497 e. The number of nitrogens with zero attached hydrogens (tertiary/aromatic N) is 3. The molecule has 0 aliphatic rings. The summed E-state index contributed by atoms with van der Waals surface area (Å²) < 4.78 is 13.3. The zero-order valence-corrected chi connectivity index (χ0v) is 17.5. The molecule has 0 saturated carbocycles. The number of carbonyl (C=O) groups is 1. The molecule has 0 aliphatic carbocycles. The monoisotopic (exact) mass is 418 g/mol. The predicted octanol–water partition coefficient (Wildman–Crippen LogP) is 3.13. The highest BCUT2D eigenvalue weighted by molar-refractivity contribution is 5.91. The Bertz CT molecular complexity index is 1280. The van der Waals surface area contributed by atoms with Crippen molar-refractivity contribution in [3.8, 4) is 22.8 Å². The first-order chi connectivity index (χ1) is 15.0. The maximum atomic E-state index is 12.9. The molecule has 158 valence electrons. The summed E-state index contributed by atoms with van der Waals surface area (Å²) in [6.07, 6.45) is 3.21. The summed E-state index contributed by atoms with van der Waals surface area (Å²) in [7, 11) is 3.07. The molecule has 31 heavy (non-hydrogen) atoms. The number of hydrogen-bond acceptors (Lipinski definition) is 5. The smallest absolute Gasteiger partial charge is 0.277 e. The van der Waals surface area contributed by atoms with Gasteiger partial charge in [0.2, 0.25) is 5.91 Å². The second kappa shape index (κ2) is 8.35. The number of benzene rings is 2. The van der Waals surface area contributed by atoms with E-state index in [4.69, 9.17) is 9.47 Å². The van der Waals surface area contributed by atoms with Crippen LogP contribution in [0.4, 0.5) is 5.69 Å². The summed E-state index contributed by atoms with van der Waals surface area (Å²) in [4.78, 5) is 25.5.